The van der Waals surface area contributed by atoms with Crippen LogP contribution in [0.4, 0.5) is 10.2 Å². The molecular formula is C20H19ClFN3OS. The molecule has 1 N–H and O–H groups in total. The molecule has 0 aliphatic carbocycles. The summed E-state index contributed by atoms with van der Waals surface area (Å²) in [6, 6.07) is 8.61. The number of hydrogen-bond acceptors (Lipinski definition) is 4. The van der Waals surface area contributed by atoms with Gasteiger partial charge in [-0.2, -0.15) is 0 Å². The van der Waals surface area contributed by atoms with Crippen LogP contribution < -0.4 is 10.2 Å². The number of benzene rings is 1. The van der Waals surface area contributed by atoms with Crippen molar-refractivity contribution in [1.82, 2.24) is 10.3 Å². The normalized spacial score (nSPS) is 17.3. The minimum absolute atomic E-state index is 0.0117. The summed E-state index contributed by atoms with van der Waals surface area (Å²) in [6.45, 7) is 1.89. The molecule has 7 heteroatoms. The molecule has 1 amide bonds. The number of rotatable bonds is 4. The van der Waals surface area contributed by atoms with Gasteiger partial charge in [-0.25, -0.2) is 9.37 Å². The number of thiophene rings is 1. The van der Waals surface area contributed by atoms with Crippen molar-refractivity contribution in [2.45, 2.75) is 19.4 Å². The van der Waals surface area contributed by atoms with Gasteiger partial charge in [0.2, 0.25) is 5.91 Å². The van der Waals surface area contributed by atoms with E-state index in [1.807, 2.05) is 12.3 Å². The summed E-state index contributed by atoms with van der Waals surface area (Å²) in [5.41, 5.74) is 0.784. The van der Waals surface area contributed by atoms with Crippen molar-refractivity contribution >= 4 is 44.7 Å². The minimum Gasteiger partial charge on any atom is -0.355 e. The Labute approximate surface area is 166 Å². The number of carbonyl (C=O) groups excluding carboxylic acids is 1. The van der Waals surface area contributed by atoms with E-state index in [2.05, 4.69) is 26.6 Å². The SMILES string of the molecule is O=C(NCc1ccc(F)c(Cl)c1)C1CCCN(c2nccc3sccc23)C1. The summed E-state index contributed by atoms with van der Waals surface area (Å²) in [4.78, 5) is 19.4. The topological polar surface area (TPSA) is 45.2 Å². The molecule has 140 valence electrons. The maximum Gasteiger partial charge on any atom is 0.225 e. The molecule has 1 aliphatic rings. The number of hydrogen-bond donors (Lipinski definition) is 1. The summed E-state index contributed by atoms with van der Waals surface area (Å²) in [5.74, 6) is 0.421. The Morgan fingerprint density at radius 3 is 3.11 bits per heavy atom. The van der Waals surface area contributed by atoms with Crippen molar-refractivity contribution in [1.29, 1.82) is 0 Å². The Kier molecular flexibility index (Phi) is 5.27. The minimum atomic E-state index is -0.454. The number of fused-ring (bicyclic) bond motifs is 1. The fraction of sp³-hybridized carbons (Fsp3) is 0.300. The van der Waals surface area contributed by atoms with E-state index >= 15 is 0 Å². The van der Waals surface area contributed by atoms with Crippen molar-refractivity contribution in [3.05, 3.63) is 58.3 Å². The van der Waals surface area contributed by atoms with Crippen LogP contribution in [0.3, 0.4) is 0 Å². The van der Waals surface area contributed by atoms with Gasteiger partial charge in [0.25, 0.3) is 0 Å². The third-order valence-corrected chi connectivity index (χ3v) is 6.07. The number of amides is 1. The van der Waals surface area contributed by atoms with Crippen LogP contribution in [0.5, 0.6) is 0 Å². The molecule has 4 nitrogen and oxygen atoms in total. The van der Waals surface area contributed by atoms with E-state index in [1.54, 1.807) is 23.5 Å². The van der Waals surface area contributed by atoms with E-state index in [0.717, 1.165) is 36.2 Å². The Balaban J connectivity index is 1.42. The molecule has 3 heterocycles. The molecule has 1 atom stereocenters. The molecule has 2 aromatic heterocycles. The largest absolute Gasteiger partial charge is 0.355 e. The molecular weight excluding hydrogens is 385 g/mol. The van der Waals surface area contributed by atoms with Crippen molar-refractivity contribution in [2.24, 2.45) is 5.92 Å². The van der Waals surface area contributed by atoms with Gasteiger partial charge in [-0.15, -0.1) is 11.3 Å². The highest BCUT2D eigenvalue weighted by Crippen LogP contribution is 2.31. The maximum atomic E-state index is 13.3. The Morgan fingerprint density at radius 2 is 2.26 bits per heavy atom. The van der Waals surface area contributed by atoms with Gasteiger partial charge in [0.15, 0.2) is 0 Å². The number of halogens is 2. The lowest BCUT2D eigenvalue weighted by Crippen LogP contribution is -2.43. The predicted molar refractivity (Wildman–Crippen MR) is 108 cm³/mol. The first kappa shape index (κ1) is 18.2. The molecule has 0 radical (unpaired) electrons. The van der Waals surface area contributed by atoms with E-state index in [4.69, 9.17) is 11.6 Å². The third-order valence-electron chi connectivity index (χ3n) is 4.90. The van der Waals surface area contributed by atoms with Gasteiger partial charge in [0.05, 0.1) is 10.9 Å². The highest BCUT2D eigenvalue weighted by Gasteiger charge is 2.27. The standard InChI is InChI=1S/C20H19ClFN3OS/c21-16-10-13(3-4-17(16)22)11-24-20(26)14-2-1-8-25(12-14)19-15-6-9-27-18(15)5-7-23-19/h3-7,9-10,14H,1-2,8,11-12H2,(H,24,26). The van der Waals surface area contributed by atoms with Gasteiger partial charge in [-0.05, 0) is 48.1 Å². The van der Waals surface area contributed by atoms with Gasteiger partial charge in [0.1, 0.15) is 11.6 Å². The van der Waals surface area contributed by atoms with E-state index < -0.39 is 5.82 Å². The second kappa shape index (κ2) is 7.82. The van der Waals surface area contributed by atoms with E-state index in [0.29, 0.717) is 13.1 Å². The van der Waals surface area contributed by atoms with Crippen molar-refractivity contribution in [3.8, 4) is 0 Å². The number of nitrogens with zero attached hydrogens (tertiary/aromatic N) is 2. The quantitative estimate of drug-likeness (QED) is 0.691. The first-order chi connectivity index (χ1) is 13.1. The number of piperidine rings is 1. The molecule has 0 spiro atoms. The van der Waals surface area contributed by atoms with Crippen LogP contribution in [0.25, 0.3) is 10.1 Å². The first-order valence-electron chi connectivity index (χ1n) is 8.90. The van der Waals surface area contributed by atoms with Crippen LogP contribution in [-0.4, -0.2) is 24.0 Å². The second-order valence-corrected chi connectivity index (χ2v) is 8.07. The number of nitrogens with one attached hydrogen (secondary N) is 1. The lowest BCUT2D eigenvalue weighted by molar-refractivity contribution is -0.125. The van der Waals surface area contributed by atoms with Gasteiger partial charge in [0, 0.05) is 35.9 Å². The molecule has 27 heavy (non-hydrogen) atoms. The zero-order valence-electron chi connectivity index (χ0n) is 14.6. The van der Waals surface area contributed by atoms with Crippen molar-refractivity contribution < 1.29 is 9.18 Å². The zero-order valence-corrected chi connectivity index (χ0v) is 16.2. The van der Waals surface area contributed by atoms with Crippen molar-refractivity contribution in [2.75, 3.05) is 18.0 Å². The Morgan fingerprint density at radius 1 is 1.37 bits per heavy atom. The fourth-order valence-electron chi connectivity index (χ4n) is 3.50. The summed E-state index contributed by atoms with van der Waals surface area (Å²) in [7, 11) is 0. The molecule has 1 aliphatic heterocycles. The third kappa shape index (κ3) is 3.92. The molecule has 0 bridgehead atoms. The van der Waals surface area contributed by atoms with Crippen LogP contribution >= 0.6 is 22.9 Å². The second-order valence-electron chi connectivity index (χ2n) is 6.72. The van der Waals surface area contributed by atoms with Crippen LogP contribution in [0.1, 0.15) is 18.4 Å². The summed E-state index contributed by atoms with van der Waals surface area (Å²) in [5, 5.41) is 6.23. The first-order valence-corrected chi connectivity index (χ1v) is 10.2. The van der Waals surface area contributed by atoms with E-state index in [1.165, 1.54) is 10.8 Å². The Hall–Kier alpha value is -2.18. The lowest BCUT2D eigenvalue weighted by atomic mass is 9.96. The van der Waals surface area contributed by atoms with E-state index in [9.17, 15) is 9.18 Å². The van der Waals surface area contributed by atoms with Crippen LogP contribution in [0.15, 0.2) is 41.9 Å². The molecule has 3 aromatic rings. The molecule has 1 unspecified atom stereocenters. The summed E-state index contributed by atoms with van der Waals surface area (Å²) in [6.07, 6.45) is 3.63. The van der Waals surface area contributed by atoms with Crippen LogP contribution in [0.2, 0.25) is 5.02 Å². The monoisotopic (exact) mass is 403 g/mol. The zero-order chi connectivity index (χ0) is 18.8. The van der Waals surface area contributed by atoms with Gasteiger partial charge in [-0.1, -0.05) is 17.7 Å². The smallest absolute Gasteiger partial charge is 0.225 e. The van der Waals surface area contributed by atoms with E-state index in [-0.39, 0.29) is 16.8 Å². The highest BCUT2D eigenvalue weighted by molar-refractivity contribution is 7.17. The summed E-state index contributed by atoms with van der Waals surface area (Å²) >= 11 is 7.50. The predicted octanol–water partition coefficient (Wildman–Crippen LogP) is 4.62. The Bertz CT molecular complexity index is 977. The molecule has 4 rings (SSSR count). The number of pyridine rings is 1. The highest BCUT2D eigenvalue weighted by atomic mass is 35.5. The molecule has 1 fully saturated rings. The fourth-order valence-corrected chi connectivity index (χ4v) is 4.48. The van der Waals surface area contributed by atoms with Crippen molar-refractivity contribution in [3.63, 3.8) is 0 Å². The number of carbonyl (C=O) groups is 1. The number of anilines is 1. The molecule has 0 saturated carbocycles. The van der Waals surface area contributed by atoms with Gasteiger partial charge in [-0.3, -0.25) is 4.79 Å². The maximum absolute atomic E-state index is 13.3. The lowest BCUT2D eigenvalue weighted by Gasteiger charge is -2.33. The number of aromatic nitrogens is 1. The molecule has 1 aromatic carbocycles. The average Bonchev–Trinajstić information content (AvgIpc) is 3.17. The average molecular weight is 404 g/mol. The van der Waals surface area contributed by atoms with Crippen LogP contribution in [0, 0.1) is 11.7 Å². The van der Waals surface area contributed by atoms with Crippen LogP contribution in [-0.2, 0) is 11.3 Å². The molecule has 1 saturated heterocycles. The summed E-state index contributed by atoms with van der Waals surface area (Å²) < 4.78 is 14.5. The van der Waals surface area contributed by atoms with Gasteiger partial charge >= 0.3 is 0 Å². The van der Waals surface area contributed by atoms with Gasteiger partial charge < -0.3 is 10.2 Å².